The van der Waals surface area contributed by atoms with E-state index in [1.165, 1.54) is 18.3 Å². The number of aryl methyl sites for hydroxylation is 1. The van der Waals surface area contributed by atoms with Crippen LogP contribution in [0.25, 0.3) is 5.76 Å². The van der Waals surface area contributed by atoms with Gasteiger partial charge in [-0.25, -0.2) is 0 Å². The van der Waals surface area contributed by atoms with Crippen LogP contribution in [0.3, 0.4) is 0 Å². The molecule has 0 bridgehead atoms. The fraction of sp³-hybridized carbons (Fsp3) is 0.200. The minimum Gasteiger partial charge on any atom is -0.507 e. The summed E-state index contributed by atoms with van der Waals surface area (Å²) in [6.07, 6.45) is 1.44. The molecule has 8 nitrogen and oxygen atoms in total. The Morgan fingerprint density at radius 1 is 1.18 bits per heavy atom. The Labute approximate surface area is 199 Å². The number of rotatable bonds is 5. The second kappa shape index (κ2) is 8.46. The summed E-state index contributed by atoms with van der Waals surface area (Å²) < 4.78 is 21.7. The van der Waals surface area contributed by atoms with E-state index in [1.54, 1.807) is 49.4 Å². The van der Waals surface area contributed by atoms with Crippen LogP contribution >= 0.6 is 11.6 Å². The maximum Gasteiger partial charge on any atom is 0.296 e. The van der Waals surface area contributed by atoms with Gasteiger partial charge in [-0.05, 0) is 54.4 Å². The van der Waals surface area contributed by atoms with Gasteiger partial charge in [0, 0.05) is 6.54 Å². The van der Waals surface area contributed by atoms with Gasteiger partial charge in [-0.2, -0.15) is 0 Å². The number of halogens is 1. The van der Waals surface area contributed by atoms with E-state index in [9.17, 15) is 14.7 Å². The molecule has 0 aliphatic carbocycles. The number of methoxy groups -OCH3 is 1. The molecule has 2 aliphatic heterocycles. The van der Waals surface area contributed by atoms with Gasteiger partial charge >= 0.3 is 0 Å². The molecule has 0 saturated carbocycles. The second-order valence-electron chi connectivity index (χ2n) is 7.96. The number of Topliss-reactive ketones (excluding diaryl/α,β-unsaturated/α-hetero) is 1. The van der Waals surface area contributed by atoms with Crippen LogP contribution in [0.4, 0.5) is 0 Å². The highest BCUT2D eigenvalue weighted by atomic mass is 35.5. The molecule has 1 saturated heterocycles. The first-order valence-corrected chi connectivity index (χ1v) is 10.8. The van der Waals surface area contributed by atoms with Crippen LogP contribution < -0.4 is 14.2 Å². The van der Waals surface area contributed by atoms with Crippen LogP contribution in [-0.4, -0.2) is 35.6 Å². The largest absolute Gasteiger partial charge is 0.507 e. The molecule has 1 amide bonds. The van der Waals surface area contributed by atoms with Gasteiger partial charge < -0.3 is 28.6 Å². The lowest BCUT2D eigenvalue weighted by molar-refractivity contribution is -0.140. The number of carbonyl (C=O) groups excluding carboxylic acids is 2. The minimum absolute atomic E-state index is 0.0784. The van der Waals surface area contributed by atoms with E-state index in [1.807, 2.05) is 0 Å². The monoisotopic (exact) mass is 481 g/mol. The van der Waals surface area contributed by atoms with Gasteiger partial charge in [0.1, 0.15) is 23.3 Å². The van der Waals surface area contributed by atoms with Gasteiger partial charge in [-0.15, -0.1) is 0 Å². The zero-order valence-electron chi connectivity index (χ0n) is 18.3. The van der Waals surface area contributed by atoms with E-state index in [0.29, 0.717) is 17.3 Å². The van der Waals surface area contributed by atoms with Gasteiger partial charge in [0.2, 0.25) is 6.79 Å². The number of aliphatic hydroxyl groups is 1. The molecule has 5 rings (SSSR count). The SMILES string of the molecule is COc1c(Cl)cc(C)cc1/C(O)=C1/C(=O)C(=O)N(Cc2ccc3c(c2)OCO3)C1c1ccco1. The lowest BCUT2D eigenvalue weighted by Crippen LogP contribution is -2.29. The Morgan fingerprint density at radius 2 is 1.97 bits per heavy atom. The van der Waals surface area contributed by atoms with Crippen molar-refractivity contribution in [1.82, 2.24) is 4.90 Å². The third-order valence-electron chi connectivity index (χ3n) is 5.79. The molecular weight excluding hydrogens is 462 g/mol. The number of likely N-dealkylation sites (tertiary alicyclic amines) is 1. The molecule has 1 unspecified atom stereocenters. The maximum absolute atomic E-state index is 13.2. The molecule has 1 fully saturated rings. The lowest BCUT2D eigenvalue weighted by Gasteiger charge is -2.23. The van der Waals surface area contributed by atoms with E-state index >= 15 is 0 Å². The van der Waals surface area contributed by atoms with Crippen molar-refractivity contribution >= 4 is 29.1 Å². The summed E-state index contributed by atoms with van der Waals surface area (Å²) >= 11 is 6.31. The number of fused-ring (bicyclic) bond motifs is 1. The number of nitrogens with zero attached hydrogens (tertiary/aromatic N) is 1. The van der Waals surface area contributed by atoms with Crippen molar-refractivity contribution in [2.45, 2.75) is 19.5 Å². The standard InChI is InChI=1S/C25H20ClNO7/c1-13-8-15(24(31-2)16(26)9-13)22(28)20-21(18-4-3-7-32-18)27(25(30)23(20)29)11-14-5-6-17-19(10-14)34-12-33-17/h3-10,21,28H,11-12H2,1-2H3/b22-20-. The summed E-state index contributed by atoms with van der Waals surface area (Å²) in [6.45, 7) is 2.00. The molecule has 174 valence electrons. The van der Waals surface area contributed by atoms with Crippen LogP contribution in [0, 0.1) is 6.92 Å². The van der Waals surface area contributed by atoms with Crippen molar-refractivity contribution in [1.29, 1.82) is 0 Å². The molecule has 1 aromatic heterocycles. The molecule has 3 aromatic rings. The Kier molecular flexibility index (Phi) is 5.45. The lowest BCUT2D eigenvalue weighted by atomic mass is 9.97. The summed E-state index contributed by atoms with van der Waals surface area (Å²) in [7, 11) is 1.41. The number of ether oxygens (including phenoxy) is 3. The Hall–Kier alpha value is -3.91. The molecule has 3 heterocycles. The highest BCUT2D eigenvalue weighted by Crippen LogP contribution is 2.44. The molecule has 0 spiro atoms. The van der Waals surface area contributed by atoms with Gasteiger partial charge in [0.25, 0.3) is 11.7 Å². The maximum atomic E-state index is 13.2. The van der Waals surface area contributed by atoms with Crippen molar-refractivity contribution in [2.24, 2.45) is 0 Å². The van der Waals surface area contributed by atoms with Crippen molar-refractivity contribution in [2.75, 3.05) is 13.9 Å². The van der Waals surface area contributed by atoms with E-state index < -0.39 is 23.5 Å². The molecular formula is C25H20ClNO7. The first-order valence-electron chi connectivity index (χ1n) is 10.4. The fourth-order valence-electron chi connectivity index (χ4n) is 4.28. The number of ketones is 1. The number of benzene rings is 2. The Morgan fingerprint density at radius 3 is 2.71 bits per heavy atom. The summed E-state index contributed by atoms with van der Waals surface area (Å²) in [5.74, 6) is -0.295. The predicted octanol–water partition coefficient (Wildman–Crippen LogP) is 4.60. The number of aliphatic hydroxyl groups excluding tert-OH is 1. The number of amides is 1. The van der Waals surface area contributed by atoms with Crippen LogP contribution in [0.2, 0.25) is 5.02 Å². The van der Waals surface area contributed by atoms with E-state index in [0.717, 1.165) is 11.1 Å². The summed E-state index contributed by atoms with van der Waals surface area (Å²) in [5.41, 5.74) is 1.57. The zero-order chi connectivity index (χ0) is 24.0. The van der Waals surface area contributed by atoms with Gasteiger partial charge in [0.05, 0.1) is 29.5 Å². The van der Waals surface area contributed by atoms with Gasteiger partial charge in [-0.3, -0.25) is 9.59 Å². The average molecular weight is 482 g/mol. The first kappa shape index (κ1) is 21.9. The quantitative estimate of drug-likeness (QED) is 0.323. The van der Waals surface area contributed by atoms with Crippen molar-refractivity contribution < 1.29 is 33.3 Å². The second-order valence-corrected chi connectivity index (χ2v) is 8.36. The topological polar surface area (TPSA) is 98.4 Å². The van der Waals surface area contributed by atoms with E-state index in [-0.39, 0.29) is 35.2 Å². The van der Waals surface area contributed by atoms with Crippen molar-refractivity contribution in [3.63, 3.8) is 0 Å². The normalized spacial score (nSPS) is 18.6. The van der Waals surface area contributed by atoms with Crippen LogP contribution in [0.15, 0.2) is 58.7 Å². The summed E-state index contributed by atoms with van der Waals surface area (Å²) in [5, 5.41) is 11.6. The summed E-state index contributed by atoms with van der Waals surface area (Å²) in [4.78, 5) is 27.7. The summed E-state index contributed by atoms with van der Waals surface area (Å²) in [6, 6.07) is 11.0. The van der Waals surface area contributed by atoms with Crippen LogP contribution in [-0.2, 0) is 16.1 Å². The Bertz CT molecular complexity index is 1330. The van der Waals surface area contributed by atoms with E-state index in [2.05, 4.69) is 0 Å². The first-order chi connectivity index (χ1) is 16.4. The highest BCUT2D eigenvalue weighted by molar-refractivity contribution is 6.46. The molecule has 2 aromatic carbocycles. The molecule has 9 heteroatoms. The molecule has 1 N–H and O–H groups in total. The molecule has 1 atom stereocenters. The zero-order valence-corrected chi connectivity index (χ0v) is 19.1. The minimum atomic E-state index is -0.954. The number of hydrogen-bond donors (Lipinski definition) is 1. The third kappa shape index (κ3) is 3.56. The van der Waals surface area contributed by atoms with E-state index in [4.69, 9.17) is 30.2 Å². The average Bonchev–Trinajstić information content (AvgIpc) is 3.55. The molecule has 2 aliphatic rings. The van der Waals surface area contributed by atoms with Crippen LogP contribution in [0.5, 0.6) is 17.2 Å². The number of furan rings is 1. The van der Waals surface area contributed by atoms with Crippen molar-refractivity contribution in [3.05, 3.63) is 81.8 Å². The number of hydrogen-bond acceptors (Lipinski definition) is 7. The van der Waals surface area contributed by atoms with Crippen molar-refractivity contribution in [3.8, 4) is 17.2 Å². The van der Waals surface area contributed by atoms with Gasteiger partial charge in [0.15, 0.2) is 11.5 Å². The highest BCUT2D eigenvalue weighted by Gasteiger charge is 2.47. The number of carbonyl (C=O) groups is 2. The molecule has 34 heavy (non-hydrogen) atoms. The Balaban J connectivity index is 1.63. The molecule has 0 radical (unpaired) electrons. The smallest absolute Gasteiger partial charge is 0.296 e. The van der Waals surface area contributed by atoms with Gasteiger partial charge in [-0.1, -0.05) is 17.7 Å². The third-order valence-corrected chi connectivity index (χ3v) is 6.07. The predicted molar refractivity (Wildman–Crippen MR) is 122 cm³/mol. The van der Waals surface area contributed by atoms with Crippen LogP contribution in [0.1, 0.15) is 28.5 Å². The fourth-order valence-corrected chi connectivity index (χ4v) is 4.63.